The van der Waals surface area contributed by atoms with Crippen LogP contribution in [0.1, 0.15) is 18.5 Å². The van der Waals surface area contributed by atoms with E-state index in [2.05, 4.69) is 15.3 Å². The smallest absolute Gasteiger partial charge is 0.222 e. The molecule has 1 aromatic heterocycles. The van der Waals surface area contributed by atoms with Crippen LogP contribution in [0, 0.1) is 6.92 Å². The maximum absolute atomic E-state index is 5.58. The van der Waals surface area contributed by atoms with Gasteiger partial charge in [-0.25, -0.2) is 4.98 Å². The van der Waals surface area contributed by atoms with Crippen molar-refractivity contribution in [3.63, 3.8) is 0 Å². The van der Waals surface area contributed by atoms with Crippen LogP contribution >= 0.6 is 11.8 Å². The largest absolute Gasteiger partial charge is 0.369 e. The van der Waals surface area contributed by atoms with Crippen LogP contribution in [0.4, 0.5) is 11.8 Å². The quantitative estimate of drug-likeness (QED) is 0.817. The second kappa shape index (κ2) is 4.70. The predicted octanol–water partition coefficient (Wildman–Crippen LogP) is 1.67. The number of anilines is 2. The van der Waals surface area contributed by atoms with Crippen LogP contribution in [0.3, 0.4) is 0 Å². The third-order valence-electron chi connectivity index (χ3n) is 2.41. The Morgan fingerprint density at radius 1 is 1.60 bits per heavy atom. The van der Waals surface area contributed by atoms with Crippen LogP contribution in [0.2, 0.25) is 0 Å². The standard InChI is InChI=1S/C10H16N4S/c1-7-5-9(14-10(11)13-7)12-6-8-3-2-4-15-8/h5,8H,2-4,6H2,1H3,(H3,11,12,13,14). The van der Waals surface area contributed by atoms with Crippen molar-refractivity contribution in [2.24, 2.45) is 0 Å². The van der Waals surface area contributed by atoms with Crippen molar-refractivity contribution in [2.75, 3.05) is 23.3 Å². The highest BCUT2D eigenvalue weighted by atomic mass is 32.2. The van der Waals surface area contributed by atoms with Crippen LogP contribution in [0.5, 0.6) is 0 Å². The van der Waals surface area contributed by atoms with Gasteiger partial charge in [0.15, 0.2) is 0 Å². The highest BCUT2D eigenvalue weighted by Gasteiger charge is 2.15. The van der Waals surface area contributed by atoms with E-state index in [1.54, 1.807) is 0 Å². The van der Waals surface area contributed by atoms with Crippen LogP contribution < -0.4 is 11.1 Å². The summed E-state index contributed by atoms with van der Waals surface area (Å²) in [5.41, 5.74) is 6.48. The molecule has 1 unspecified atom stereocenters. The van der Waals surface area contributed by atoms with Gasteiger partial charge in [-0.15, -0.1) is 0 Å². The summed E-state index contributed by atoms with van der Waals surface area (Å²) in [6.07, 6.45) is 2.64. The van der Waals surface area contributed by atoms with E-state index in [1.807, 2.05) is 24.8 Å². The number of thioether (sulfide) groups is 1. The maximum Gasteiger partial charge on any atom is 0.222 e. The lowest BCUT2D eigenvalue weighted by atomic mass is 10.2. The SMILES string of the molecule is Cc1cc(NCC2CCCS2)nc(N)n1. The summed E-state index contributed by atoms with van der Waals surface area (Å²) in [5, 5.41) is 4.04. The zero-order valence-corrected chi connectivity index (χ0v) is 9.68. The van der Waals surface area contributed by atoms with Gasteiger partial charge in [-0.05, 0) is 25.5 Å². The molecule has 1 fully saturated rings. The van der Waals surface area contributed by atoms with E-state index >= 15 is 0 Å². The fourth-order valence-electron chi connectivity index (χ4n) is 1.71. The summed E-state index contributed by atoms with van der Waals surface area (Å²) < 4.78 is 0. The highest BCUT2D eigenvalue weighted by Crippen LogP contribution is 2.26. The van der Waals surface area contributed by atoms with Gasteiger partial charge in [0, 0.05) is 23.6 Å². The van der Waals surface area contributed by atoms with Gasteiger partial charge in [0.05, 0.1) is 0 Å². The van der Waals surface area contributed by atoms with Gasteiger partial charge >= 0.3 is 0 Å². The van der Waals surface area contributed by atoms with Crippen LogP contribution in [0.15, 0.2) is 6.07 Å². The Hall–Kier alpha value is -0.970. The van der Waals surface area contributed by atoms with Gasteiger partial charge in [0.1, 0.15) is 5.82 Å². The number of hydrogen-bond acceptors (Lipinski definition) is 5. The minimum absolute atomic E-state index is 0.344. The molecule has 0 amide bonds. The molecule has 1 aromatic rings. The first-order valence-electron chi connectivity index (χ1n) is 5.20. The summed E-state index contributed by atoms with van der Waals surface area (Å²) in [4.78, 5) is 8.18. The van der Waals surface area contributed by atoms with Gasteiger partial charge in [0.25, 0.3) is 0 Å². The van der Waals surface area contributed by atoms with Gasteiger partial charge < -0.3 is 11.1 Å². The maximum atomic E-state index is 5.58. The molecule has 3 N–H and O–H groups in total. The Kier molecular flexibility index (Phi) is 3.30. The van der Waals surface area contributed by atoms with Gasteiger partial charge in [-0.2, -0.15) is 16.7 Å². The molecule has 82 valence electrons. The molecule has 1 aliphatic rings. The molecule has 1 aliphatic heterocycles. The first kappa shape index (κ1) is 10.5. The summed E-state index contributed by atoms with van der Waals surface area (Å²) >= 11 is 2.03. The van der Waals surface area contributed by atoms with E-state index in [4.69, 9.17) is 5.73 Å². The van der Waals surface area contributed by atoms with E-state index in [9.17, 15) is 0 Å². The van der Waals surface area contributed by atoms with E-state index < -0.39 is 0 Å². The number of nitrogens with zero attached hydrogens (tertiary/aromatic N) is 2. The summed E-state index contributed by atoms with van der Waals surface area (Å²) in [5.74, 6) is 2.47. The average molecular weight is 224 g/mol. The minimum atomic E-state index is 0.344. The zero-order valence-electron chi connectivity index (χ0n) is 8.86. The monoisotopic (exact) mass is 224 g/mol. The summed E-state index contributed by atoms with van der Waals surface area (Å²) in [6.45, 7) is 2.90. The summed E-state index contributed by atoms with van der Waals surface area (Å²) in [7, 11) is 0. The number of hydrogen-bond donors (Lipinski definition) is 2. The van der Waals surface area contributed by atoms with E-state index in [1.165, 1.54) is 18.6 Å². The zero-order chi connectivity index (χ0) is 10.7. The molecule has 0 saturated carbocycles. The first-order valence-corrected chi connectivity index (χ1v) is 6.25. The first-order chi connectivity index (χ1) is 7.24. The number of aromatic nitrogens is 2. The molecule has 15 heavy (non-hydrogen) atoms. The van der Waals surface area contributed by atoms with Crippen LogP contribution in [-0.2, 0) is 0 Å². The fraction of sp³-hybridized carbons (Fsp3) is 0.600. The summed E-state index contributed by atoms with van der Waals surface area (Å²) in [6, 6.07) is 1.93. The molecule has 5 heteroatoms. The van der Waals surface area contributed by atoms with Gasteiger partial charge in [-0.3, -0.25) is 0 Å². The van der Waals surface area contributed by atoms with Crippen molar-refractivity contribution in [1.82, 2.24) is 9.97 Å². The van der Waals surface area contributed by atoms with Crippen molar-refractivity contribution in [2.45, 2.75) is 25.0 Å². The van der Waals surface area contributed by atoms with Crippen molar-refractivity contribution < 1.29 is 0 Å². The van der Waals surface area contributed by atoms with Gasteiger partial charge in [-0.1, -0.05) is 0 Å². The molecule has 0 spiro atoms. The number of nitrogens with one attached hydrogen (secondary N) is 1. The van der Waals surface area contributed by atoms with E-state index in [0.29, 0.717) is 5.95 Å². The number of aryl methyl sites for hydroxylation is 1. The van der Waals surface area contributed by atoms with E-state index in [-0.39, 0.29) is 0 Å². The second-order valence-corrected chi connectivity index (χ2v) is 5.18. The van der Waals surface area contributed by atoms with Crippen LogP contribution in [0.25, 0.3) is 0 Å². The molecule has 2 heterocycles. The molecule has 0 aliphatic carbocycles. The van der Waals surface area contributed by atoms with E-state index in [0.717, 1.165) is 23.3 Å². The number of rotatable bonds is 3. The Labute approximate surface area is 94.1 Å². The lowest BCUT2D eigenvalue weighted by Crippen LogP contribution is -2.15. The molecular formula is C10H16N4S. The van der Waals surface area contributed by atoms with Crippen molar-refractivity contribution in [1.29, 1.82) is 0 Å². The average Bonchev–Trinajstić information content (AvgIpc) is 2.65. The molecule has 0 aromatic carbocycles. The predicted molar refractivity (Wildman–Crippen MR) is 65.2 cm³/mol. The van der Waals surface area contributed by atoms with Crippen molar-refractivity contribution in [3.8, 4) is 0 Å². The molecule has 1 atom stereocenters. The van der Waals surface area contributed by atoms with Crippen molar-refractivity contribution in [3.05, 3.63) is 11.8 Å². The second-order valence-electron chi connectivity index (χ2n) is 3.77. The fourth-order valence-corrected chi connectivity index (χ4v) is 2.91. The highest BCUT2D eigenvalue weighted by molar-refractivity contribution is 8.00. The molecular weight excluding hydrogens is 208 g/mol. The Morgan fingerprint density at radius 3 is 3.13 bits per heavy atom. The Bertz CT molecular complexity index is 316. The Morgan fingerprint density at radius 2 is 2.47 bits per heavy atom. The minimum Gasteiger partial charge on any atom is -0.369 e. The molecule has 2 rings (SSSR count). The number of nitrogen functional groups attached to an aromatic ring is 1. The lowest BCUT2D eigenvalue weighted by molar-refractivity contribution is 0.803. The third kappa shape index (κ3) is 2.99. The van der Waals surface area contributed by atoms with Gasteiger partial charge in [0.2, 0.25) is 5.95 Å². The molecule has 4 nitrogen and oxygen atoms in total. The van der Waals surface area contributed by atoms with Crippen LogP contribution in [-0.4, -0.2) is 27.5 Å². The topological polar surface area (TPSA) is 63.8 Å². The van der Waals surface area contributed by atoms with Crippen molar-refractivity contribution >= 4 is 23.5 Å². The normalized spacial score (nSPS) is 20.5. The molecule has 1 saturated heterocycles. The third-order valence-corrected chi connectivity index (χ3v) is 3.80. The lowest BCUT2D eigenvalue weighted by Gasteiger charge is -2.11. The molecule has 0 bridgehead atoms. The number of nitrogens with two attached hydrogens (primary N) is 1. The Balaban J connectivity index is 1.92. The molecule has 0 radical (unpaired) electrons.